The van der Waals surface area contributed by atoms with Gasteiger partial charge in [0, 0.05) is 12.0 Å². The maximum absolute atomic E-state index is 13.5. The summed E-state index contributed by atoms with van der Waals surface area (Å²) in [6, 6.07) is 4.41. The van der Waals surface area contributed by atoms with Crippen LogP contribution in [0.1, 0.15) is 76.7 Å². The Hall–Kier alpha value is -1.42. The molecule has 5 heteroatoms. The molecule has 1 aromatic carbocycles. The van der Waals surface area contributed by atoms with E-state index in [1.165, 1.54) is 63.3 Å². The molecule has 0 radical (unpaired) electrons. The van der Waals surface area contributed by atoms with Crippen molar-refractivity contribution in [2.24, 2.45) is 5.10 Å². The summed E-state index contributed by atoms with van der Waals surface area (Å²) in [5.41, 5.74) is 2.60. The van der Waals surface area contributed by atoms with E-state index in [2.05, 4.69) is 17.5 Å². The van der Waals surface area contributed by atoms with E-state index in [0.29, 0.717) is 6.42 Å². The minimum absolute atomic E-state index is 0.151. The van der Waals surface area contributed by atoms with Crippen LogP contribution < -0.4 is 5.43 Å². The van der Waals surface area contributed by atoms with Gasteiger partial charge < -0.3 is 0 Å². The van der Waals surface area contributed by atoms with Gasteiger partial charge in [-0.1, -0.05) is 76.0 Å². The summed E-state index contributed by atoms with van der Waals surface area (Å²) in [7, 11) is 0. The highest BCUT2D eigenvalue weighted by Crippen LogP contribution is 2.16. The Balaban J connectivity index is 2.09. The molecule has 0 saturated heterocycles. The second kappa shape index (κ2) is 12.9. The van der Waals surface area contributed by atoms with E-state index in [-0.39, 0.29) is 16.5 Å². The maximum Gasteiger partial charge on any atom is 0.240 e. The van der Waals surface area contributed by atoms with E-state index < -0.39 is 5.82 Å². The molecule has 1 rings (SSSR count). The van der Waals surface area contributed by atoms with Gasteiger partial charge in [-0.15, -0.1) is 0 Å². The van der Waals surface area contributed by atoms with Crippen molar-refractivity contribution in [1.82, 2.24) is 5.43 Å². The third-order valence-electron chi connectivity index (χ3n) is 3.89. The monoisotopic (exact) mass is 354 g/mol. The lowest BCUT2D eigenvalue weighted by molar-refractivity contribution is -0.121. The molecule has 0 aliphatic heterocycles. The number of amides is 1. The predicted octanol–water partition coefficient (Wildman–Crippen LogP) is 5.85. The highest BCUT2D eigenvalue weighted by molar-refractivity contribution is 6.33. The van der Waals surface area contributed by atoms with Crippen molar-refractivity contribution in [3.8, 4) is 0 Å². The molecule has 0 fully saturated rings. The van der Waals surface area contributed by atoms with Crippen molar-refractivity contribution < 1.29 is 9.18 Å². The molecule has 0 aromatic heterocycles. The summed E-state index contributed by atoms with van der Waals surface area (Å²) in [6.07, 6.45) is 12.6. The Morgan fingerprint density at radius 2 is 1.75 bits per heavy atom. The second-order valence-corrected chi connectivity index (χ2v) is 6.41. The number of nitrogens with one attached hydrogen (secondary N) is 1. The van der Waals surface area contributed by atoms with Crippen molar-refractivity contribution in [3.63, 3.8) is 0 Å². The first-order chi connectivity index (χ1) is 11.6. The molecule has 3 nitrogen and oxygen atoms in total. The third-order valence-corrected chi connectivity index (χ3v) is 4.22. The van der Waals surface area contributed by atoms with Crippen LogP contribution in [0.25, 0.3) is 0 Å². The fourth-order valence-corrected chi connectivity index (χ4v) is 2.67. The molecule has 0 spiro atoms. The van der Waals surface area contributed by atoms with Crippen molar-refractivity contribution >= 4 is 23.7 Å². The number of unbranched alkanes of at least 4 members (excludes halogenated alkanes) is 8. The topological polar surface area (TPSA) is 41.5 Å². The molecule has 24 heavy (non-hydrogen) atoms. The molecule has 0 aliphatic rings. The molecular weight excluding hydrogens is 327 g/mol. The van der Waals surface area contributed by atoms with E-state index in [4.69, 9.17) is 11.6 Å². The maximum atomic E-state index is 13.5. The van der Waals surface area contributed by atoms with Crippen LogP contribution in [0.3, 0.4) is 0 Å². The molecule has 0 unspecified atom stereocenters. The number of carbonyl (C=O) groups excluding carboxylic acids is 1. The van der Waals surface area contributed by atoms with Crippen LogP contribution in [0.5, 0.6) is 0 Å². The van der Waals surface area contributed by atoms with Crippen molar-refractivity contribution in [2.45, 2.75) is 71.1 Å². The number of halogens is 2. The number of hydrazone groups is 1. The van der Waals surface area contributed by atoms with Crippen LogP contribution >= 0.6 is 11.6 Å². The molecular formula is C19H28ClFN2O. The number of hydrogen-bond donors (Lipinski definition) is 1. The summed E-state index contributed by atoms with van der Waals surface area (Å²) in [6.45, 7) is 2.22. The van der Waals surface area contributed by atoms with Crippen molar-refractivity contribution in [3.05, 3.63) is 34.6 Å². The lowest BCUT2D eigenvalue weighted by Crippen LogP contribution is -2.17. The van der Waals surface area contributed by atoms with E-state index >= 15 is 0 Å². The smallest absolute Gasteiger partial charge is 0.240 e. The molecule has 134 valence electrons. The second-order valence-electron chi connectivity index (χ2n) is 6.01. The molecule has 0 aliphatic carbocycles. The number of carbonyl (C=O) groups is 1. The van der Waals surface area contributed by atoms with Gasteiger partial charge in [0.1, 0.15) is 5.82 Å². The Bertz CT molecular complexity index is 500. The van der Waals surface area contributed by atoms with Gasteiger partial charge in [-0.2, -0.15) is 5.10 Å². The predicted molar refractivity (Wildman–Crippen MR) is 99.0 cm³/mol. The van der Waals surface area contributed by atoms with Crippen molar-refractivity contribution in [2.75, 3.05) is 0 Å². The standard InChI is InChI=1S/C19H28ClFN2O/c1-2-3-4-5-6-7-8-9-10-14-19(24)23-22-15-16-17(20)12-11-13-18(16)21/h11-13,15H,2-10,14H2,1H3,(H,23,24). The van der Waals surface area contributed by atoms with E-state index in [0.717, 1.165) is 12.8 Å². The van der Waals surface area contributed by atoms with Gasteiger partial charge >= 0.3 is 0 Å². The Morgan fingerprint density at radius 1 is 1.12 bits per heavy atom. The van der Waals surface area contributed by atoms with Gasteiger partial charge in [-0.25, -0.2) is 9.82 Å². The Kier molecular flexibility index (Phi) is 11.1. The van der Waals surface area contributed by atoms with E-state index in [9.17, 15) is 9.18 Å². The lowest BCUT2D eigenvalue weighted by atomic mass is 10.1. The normalized spacial score (nSPS) is 11.1. The third kappa shape index (κ3) is 9.02. The summed E-state index contributed by atoms with van der Waals surface area (Å²) < 4.78 is 13.5. The summed E-state index contributed by atoms with van der Waals surface area (Å²) in [4.78, 5) is 11.7. The van der Waals surface area contributed by atoms with Gasteiger partial charge in [0.25, 0.3) is 0 Å². The van der Waals surface area contributed by atoms with Gasteiger partial charge in [0.05, 0.1) is 11.2 Å². The first kappa shape index (κ1) is 20.6. The molecule has 1 N–H and O–H groups in total. The first-order valence-electron chi connectivity index (χ1n) is 8.91. The largest absolute Gasteiger partial charge is 0.273 e. The number of rotatable bonds is 12. The van der Waals surface area contributed by atoms with Crippen LogP contribution in [0.15, 0.2) is 23.3 Å². The lowest BCUT2D eigenvalue weighted by Gasteiger charge is -2.02. The summed E-state index contributed by atoms with van der Waals surface area (Å²) in [5.74, 6) is -0.610. The fourth-order valence-electron chi connectivity index (χ4n) is 2.45. The average Bonchev–Trinajstić information content (AvgIpc) is 2.56. The zero-order valence-electron chi connectivity index (χ0n) is 14.5. The molecule has 1 amide bonds. The molecule has 0 heterocycles. The van der Waals surface area contributed by atoms with Crippen LogP contribution in [-0.4, -0.2) is 12.1 Å². The summed E-state index contributed by atoms with van der Waals surface area (Å²) in [5, 5.41) is 4.04. The van der Waals surface area contributed by atoms with Gasteiger partial charge in [0.15, 0.2) is 0 Å². The molecule has 1 aromatic rings. The minimum Gasteiger partial charge on any atom is -0.273 e. The van der Waals surface area contributed by atoms with E-state index in [1.54, 1.807) is 6.07 Å². The minimum atomic E-state index is -0.459. The number of nitrogens with zero attached hydrogens (tertiary/aromatic N) is 1. The Morgan fingerprint density at radius 3 is 2.38 bits per heavy atom. The zero-order valence-corrected chi connectivity index (χ0v) is 15.2. The van der Waals surface area contributed by atoms with Crippen LogP contribution in [0, 0.1) is 5.82 Å². The van der Waals surface area contributed by atoms with Crippen LogP contribution in [0.2, 0.25) is 5.02 Å². The van der Waals surface area contributed by atoms with Crippen LogP contribution in [0.4, 0.5) is 4.39 Å². The SMILES string of the molecule is CCCCCCCCCCCC(=O)NN=Cc1c(F)cccc1Cl. The average molecular weight is 355 g/mol. The fraction of sp³-hybridized carbons (Fsp3) is 0.579. The van der Waals surface area contributed by atoms with Gasteiger partial charge in [-0.3, -0.25) is 4.79 Å². The number of hydrogen-bond acceptors (Lipinski definition) is 2. The zero-order chi connectivity index (χ0) is 17.6. The van der Waals surface area contributed by atoms with Gasteiger partial charge in [0.2, 0.25) is 5.91 Å². The molecule has 0 atom stereocenters. The highest BCUT2D eigenvalue weighted by Gasteiger charge is 2.04. The highest BCUT2D eigenvalue weighted by atomic mass is 35.5. The quantitative estimate of drug-likeness (QED) is 0.285. The van der Waals surface area contributed by atoms with Crippen molar-refractivity contribution in [1.29, 1.82) is 0 Å². The molecule has 0 saturated carbocycles. The van der Waals surface area contributed by atoms with Gasteiger partial charge in [-0.05, 0) is 18.6 Å². The van der Waals surface area contributed by atoms with Crippen LogP contribution in [-0.2, 0) is 4.79 Å². The number of benzene rings is 1. The first-order valence-corrected chi connectivity index (χ1v) is 9.29. The van der Waals surface area contributed by atoms with E-state index in [1.807, 2.05) is 0 Å². The molecule has 0 bridgehead atoms. The Labute approximate surface area is 149 Å². The summed E-state index contributed by atoms with van der Waals surface area (Å²) >= 11 is 5.87.